The van der Waals surface area contributed by atoms with Crippen molar-refractivity contribution >= 4 is 23.7 Å². The molecule has 0 N–H and O–H groups in total. The lowest BCUT2D eigenvalue weighted by molar-refractivity contribution is -0.175. The van der Waals surface area contributed by atoms with Crippen molar-refractivity contribution in [2.24, 2.45) is 11.8 Å². The number of hydrogen-bond donors (Lipinski definition) is 0. The predicted octanol–water partition coefficient (Wildman–Crippen LogP) is 3.54. The zero-order chi connectivity index (χ0) is 24.0. The normalized spacial score (nSPS) is 32.7. The van der Waals surface area contributed by atoms with Gasteiger partial charge in [0.1, 0.15) is 12.2 Å². The molecule has 172 valence electrons. The highest BCUT2D eigenvalue weighted by atomic mass is 16.6. The van der Waals surface area contributed by atoms with Crippen LogP contribution in [0.4, 0.5) is 0 Å². The maximum Gasteiger partial charge on any atom is 0.351 e. The molecule has 1 saturated heterocycles. The van der Waals surface area contributed by atoms with Gasteiger partial charge in [-0.25, -0.2) is 14.4 Å². The fourth-order valence-electron chi connectivity index (χ4n) is 4.76. The van der Waals surface area contributed by atoms with E-state index in [0.29, 0.717) is 16.7 Å². The molecular weight excluding hydrogens is 412 g/mol. The van der Waals surface area contributed by atoms with E-state index in [2.05, 4.69) is 0 Å². The summed E-state index contributed by atoms with van der Waals surface area (Å²) in [6, 6.07) is 0. The average Bonchev–Trinajstić information content (AvgIpc) is 3.12. The first-order chi connectivity index (χ1) is 15.0. The van der Waals surface area contributed by atoms with Crippen molar-refractivity contribution in [3.05, 3.63) is 46.1 Å². The van der Waals surface area contributed by atoms with Gasteiger partial charge in [-0.3, -0.25) is 4.79 Å². The molecule has 3 aliphatic rings. The Balaban J connectivity index is 2.12. The van der Waals surface area contributed by atoms with Crippen LogP contribution in [0.15, 0.2) is 46.1 Å². The molecule has 0 saturated carbocycles. The van der Waals surface area contributed by atoms with Gasteiger partial charge in [-0.15, -0.1) is 0 Å². The van der Waals surface area contributed by atoms with Crippen molar-refractivity contribution in [3.8, 4) is 0 Å². The summed E-state index contributed by atoms with van der Waals surface area (Å²) in [4.78, 5) is 51.1. The van der Waals surface area contributed by atoms with Crippen LogP contribution in [0.25, 0.3) is 0 Å². The molecule has 1 fully saturated rings. The summed E-state index contributed by atoms with van der Waals surface area (Å²) in [5.41, 5.74) is 1.18. The molecule has 7 heteroatoms. The largest absolute Gasteiger partial charge is 0.458 e. The smallest absolute Gasteiger partial charge is 0.351 e. The Morgan fingerprint density at radius 3 is 2.28 bits per heavy atom. The van der Waals surface area contributed by atoms with E-state index < -0.39 is 47.6 Å². The molecule has 1 heterocycles. The van der Waals surface area contributed by atoms with Gasteiger partial charge in [0.15, 0.2) is 5.78 Å². The van der Waals surface area contributed by atoms with Gasteiger partial charge in [0.25, 0.3) is 0 Å². The molecular formula is C25H30O7. The number of carbonyl (C=O) groups is 4. The van der Waals surface area contributed by atoms with Gasteiger partial charge in [0.05, 0.1) is 5.92 Å². The molecule has 0 spiro atoms. The van der Waals surface area contributed by atoms with Gasteiger partial charge in [-0.05, 0) is 54.5 Å². The summed E-state index contributed by atoms with van der Waals surface area (Å²) in [6.07, 6.45) is 3.39. The van der Waals surface area contributed by atoms with Crippen LogP contribution in [0.1, 0.15) is 54.9 Å². The highest BCUT2D eigenvalue weighted by molar-refractivity contribution is 6.09. The maximum atomic E-state index is 13.1. The third kappa shape index (κ3) is 3.74. The van der Waals surface area contributed by atoms with Gasteiger partial charge < -0.3 is 14.2 Å². The molecule has 0 aromatic rings. The Morgan fingerprint density at radius 1 is 1.09 bits per heavy atom. The molecule has 0 aromatic carbocycles. The maximum absolute atomic E-state index is 13.1. The molecule has 0 bridgehead atoms. The van der Waals surface area contributed by atoms with Crippen molar-refractivity contribution < 1.29 is 33.4 Å². The van der Waals surface area contributed by atoms with Crippen molar-refractivity contribution in [1.29, 1.82) is 0 Å². The number of esters is 3. The van der Waals surface area contributed by atoms with Crippen molar-refractivity contribution in [3.63, 3.8) is 0 Å². The number of rotatable bonds is 4. The van der Waals surface area contributed by atoms with Crippen LogP contribution >= 0.6 is 0 Å². The van der Waals surface area contributed by atoms with Crippen molar-refractivity contribution in [2.45, 2.75) is 72.7 Å². The Labute approximate surface area is 188 Å². The lowest BCUT2D eigenvalue weighted by atomic mass is 9.77. The van der Waals surface area contributed by atoms with Crippen LogP contribution < -0.4 is 0 Å². The quantitative estimate of drug-likeness (QED) is 0.373. The lowest BCUT2D eigenvalue weighted by Gasteiger charge is -2.34. The second kappa shape index (κ2) is 8.52. The molecule has 0 aromatic heterocycles. The van der Waals surface area contributed by atoms with Gasteiger partial charge in [0.2, 0.25) is 5.60 Å². The summed E-state index contributed by atoms with van der Waals surface area (Å²) in [5.74, 6) is -3.27. The molecule has 5 atom stereocenters. The van der Waals surface area contributed by atoms with Gasteiger partial charge in [-0.2, -0.15) is 0 Å². The molecule has 32 heavy (non-hydrogen) atoms. The third-order valence-corrected chi connectivity index (χ3v) is 6.83. The van der Waals surface area contributed by atoms with Crippen LogP contribution in [0.5, 0.6) is 0 Å². The van der Waals surface area contributed by atoms with E-state index in [4.69, 9.17) is 14.2 Å². The molecule has 3 rings (SSSR count). The number of carbonyl (C=O) groups excluding carboxylic acids is 4. The van der Waals surface area contributed by atoms with E-state index in [1.54, 1.807) is 45.9 Å². The van der Waals surface area contributed by atoms with Crippen molar-refractivity contribution in [1.82, 2.24) is 0 Å². The highest BCUT2D eigenvalue weighted by Crippen LogP contribution is 2.51. The van der Waals surface area contributed by atoms with Crippen LogP contribution in [-0.2, 0) is 33.4 Å². The van der Waals surface area contributed by atoms with Crippen molar-refractivity contribution in [2.75, 3.05) is 0 Å². The predicted molar refractivity (Wildman–Crippen MR) is 116 cm³/mol. The van der Waals surface area contributed by atoms with Crippen LogP contribution in [-0.4, -0.2) is 41.5 Å². The first-order valence-corrected chi connectivity index (χ1v) is 10.8. The SMILES string of the molecule is C/C=C(/C)C(=O)O[C@H]1CC(C)=C2C(=O)C=C(C)[C@H]2[C@@H]2OC(=O)[C@@](C)(OC(=O)/C(C)=C\C)[C@H]21. The average molecular weight is 443 g/mol. The summed E-state index contributed by atoms with van der Waals surface area (Å²) < 4.78 is 17.4. The van der Waals surface area contributed by atoms with E-state index >= 15 is 0 Å². The molecule has 0 unspecified atom stereocenters. The van der Waals surface area contributed by atoms with Crippen LogP contribution in [0.3, 0.4) is 0 Å². The van der Waals surface area contributed by atoms with Gasteiger partial charge in [0, 0.05) is 29.1 Å². The second-order valence-electron chi connectivity index (χ2n) is 8.91. The summed E-state index contributed by atoms with van der Waals surface area (Å²) in [7, 11) is 0. The Bertz CT molecular complexity index is 1010. The summed E-state index contributed by atoms with van der Waals surface area (Å²) in [6.45, 7) is 11.8. The molecule has 1 aliphatic heterocycles. The summed E-state index contributed by atoms with van der Waals surface area (Å²) in [5, 5.41) is 0. The standard InChI is InChI=1S/C25H30O7/c1-8-12(3)22(27)30-17-11-15(6)18-16(26)10-14(5)19(18)21-20(17)25(7,24(29)31-21)32-23(28)13(4)9-2/h8-10,17,19-21H,11H2,1-7H3/b12-8-,13-9-/t17-,19+,20-,21-,25-/m0/s1. The molecule has 0 amide bonds. The zero-order valence-corrected chi connectivity index (χ0v) is 19.6. The minimum absolute atomic E-state index is 0.133. The highest BCUT2D eigenvalue weighted by Gasteiger charge is 2.65. The van der Waals surface area contributed by atoms with E-state index in [0.717, 1.165) is 11.1 Å². The van der Waals surface area contributed by atoms with E-state index in [1.165, 1.54) is 6.92 Å². The monoisotopic (exact) mass is 442 g/mol. The summed E-state index contributed by atoms with van der Waals surface area (Å²) >= 11 is 0. The first kappa shape index (κ1) is 23.7. The van der Waals surface area contributed by atoms with E-state index in [9.17, 15) is 19.2 Å². The van der Waals surface area contributed by atoms with Gasteiger partial charge in [-0.1, -0.05) is 23.3 Å². The van der Waals surface area contributed by atoms with E-state index in [1.807, 2.05) is 13.8 Å². The zero-order valence-electron chi connectivity index (χ0n) is 19.6. The fraction of sp³-hybridized carbons (Fsp3) is 0.520. The Hall–Kier alpha value is -2.96. The Morgan fingerprint density at radius 2 is 1.69 bits per heavy atom. The minimum Gasteiger partial charge on any atom is -0.458 e. The second-order valence-corrected chi connectivity index (χ2v) is 8.91. The topological polar surface area (TPSA) is 96.0 Å². The van der Waals surface area contributed by atoms with E-state index in [-0.39, 0.29) is 12.2 Å². The lowest BCUT2D eigenvalue weighted by Crippen LogP contribution is -2.50. The Kier molecular flexibility index (Phi) is 6.31. The molecule has 7 nitrogen and oxygen atoms in total. The molecule has 2 aliphatic carbocycles. The number of hydrogen-bond acceptors (Lipinski definition) is 7. The third-order valence-electron chi connectivity index (χ3n) is 6.83. The fourth-order valence-corrected chi connectivity index (χ4v) is 4.76. The van der Waals surface area contributed by atoms with Gasteiger partial charge >= 0.3 is 17.9 Å². The number of fused-ring (bicyclic) bond motifs is 3. The minimum atomic E-state index is -1.68. The number of ether oxygens (including phenoxy) is 3. The number of allylic oxidation sites excluding steroid dienone is 3. The van der Waals surface area contributed by atoms with Crippen LogP contribution in [0, 0.1) is 11.8 Å². The first-order valence-electron chi connectivity index (χ1n) is 10.8. The number of ketones is 1. The molecule has 0 radical (unpaired) electrons. The van der Waals surface area contributed by atoms with Crippen LogP contribution in [0.2, 0.25) is 0 Å².